The molecule has 20 heavy (non-hydrogen) atoms. The van der Waals surface area contributed by atoms with Crippen LogP contribution >= 0.6 is 0 Å². The summed E-state index contributed by atoms with van der Waals surface area (Å²) in [7, 11) is 0. The van der Waals surface area contributed by atoms with Gasteiger partial charge in [-0.15, -0.1) is 0 Å². The second-order valence-electron chi connectivity index (χ2n) is 5.93. The summed E-state index contributed by atoms with van der Waals surface area (Å²) in [5.41, 5.74) is 2.47. The van der Waals surface area contributed by atoms with Gasteiger partial charge in [0.2, 0.25) is 5.91 Å². The summed E-state index contributed by atoms with van der Waals surface area (Å²) >= 11 is 0. The number of aryl methyl sites for hydroxylation is 1. The Bertz CT molecular complexity index is 466. The molecule has 3 rings (SSSR count). The number of anilines is 1. The minimum Gasteiger partial charge on any atom is -0.312 e. The lowest BCUT2D eigenvalue weighted by molar-refractivity contribution is -0.118. The van der Waals surface area contributed by atoms with Crippen molar-refractivity contribution in [2.45, 2.75) is 38.5 Å². The fraction of sp³-hybridized carbons (Fsp3) is 0.588. The van der Waals surface area contributed by atoms with Gasteiger partial charge in [0.25, 0.3) is 0 Å². The number of fused-ring (bicyclic) bond motifs is 1. The molecule has 0 spiro atoms. The van der Waals surface area contributed by atoms with Crippen LogP contribution in [0.25, 0.3) is 0 Å². The number of likely N-dealkylation sites (tertiary alicyclic amines) is 1. The number of para-hydroxylation sites is 1. The van der Waals surface area contributed by atoms with Gasteiger partial charge in [-0.05, 0) is 56.9 Å². The third-order valence-corrected chi connectivity index (χ3v) is 4.50. The molecule has 0 atom stereocenters. The monoisotopic (exact) mass is 272 g/mol. The van der Waals surface area contributed by atoms with Gasteiger partial charge < -0.3 is 9.80 Å². The van der Waals surface area contributed by atoms with Gasteiger partial charge >= 0.3 is 0 Å². The first-order valence-electron chi connectivity index (χ1n) is 7.95. The second kappa shape index (κ2) is 6.40. The molecule has 0 radical (unpaired) electrons. The number of benzene rings is 1. The molecule has 108 valence electrons. The van der Waals surface area contributed by atoms with E-state index in [1.54, 1.807) is 0 Å². The molecule has 1 aromatic carbocycles. The predicted molar refractivity (Wildman–Crippen MR) is 82.0 cm³/mol. The average molecular weight is 272 g/mol. The van der Waals surface area contributed by atoms with Crippen LogP contribution in [-0.4, -0.2) is 37.0 Å². The van der Waals surface area contributed by atoms with Gasteiger partial charge in [-0.2, -0.15) is 0 Å². The number of amides is 1. The molecule has 1 fully saturated rings. The Balaban J connectivity index is 1.57. The Hall–Kier alpha value is -1.35. The molecule has 1 saturated heterocycles. The van der Waals surface area contributed by atoms with Crippen LogP contribution in [0.4, 0.5) is 5.69 Å². The number of carbonyl (C=O) groups excluding carboxylic acids is 1. The Morgan fingerprint density at radius 2 is 1.75 bits per heavy atom. The molecule has 0 saturated carbocycles. The van der Waals surface area contributed by atoms with E-state index in [2.05, 4.69) is 23.1 Å². The normalized spacial score (nSPS) is 20.0. The molecule has 0 aliphatic carbocycles. The highest BCUT2D eigenvalue weighted by molar-refractivity contribution is 5.96. The molecule has 0 unspecified atom stereocenters. The van der Waals surface area contributed by atoms with Gasteiger partial charge in [0.1, 0.15) is 0 Å². The molecule has 1 amide bonds. The number of hydrogen-bond donors (Lipinski definition) is 0. The van der Waals surface area contributed by atoms with Crippen LogP contribution < -0.4 is 4.90 Å². The van der Waals surface area contributed by atoms with Gasteiger partial charge in [0.05, 0.1) is 0 Å². The maximum absolute atomic E-state index is 12.2. The molecule has 0 bridgehead atoms. The molecule has 3 heteroatoms. The van der Waals surface area contributed by atoms with E-state index in [1.807, 2.05) is 11.0 Å². The fourth-order valence-corrected chi connectivity index (χ4v) is 3.38. The second-order valence-corrected chi connectivity index (χ2v) is 5.93. The zero-order valence-electron chi connectivity index (χ0n) is 12.2. The molecule has 2 aliphatic heterocycles. The fourth-order valence-electron chi connectivity index (χ4n) is 3.38. The van der Waals surface area contributed by atoms with Crippen LogP contribution in [-0.2, 0) is 11.2 Å². The van der Waals surface area contributed by atoms with Gasteiger partial charge in [0, 0.05) is 18.7 Å². The molecule has 2 aliphatic rings. The van der Waals surface area contributed by atoms with Crippen LogP contribution in [0.15, 0.2) is 24.3 Å². The average Bonchev–Trinajstić information content (AvgIpc) is 2.50. The van der Waals surface area contributed by atoms with Gasteiger partial charge in [-0.1, -0.05) is 24.6 Å². The van der Waals surface area contributed by atoms with E-state index in [-0.39, 0.29) is 0 Å². The summed E-state index contributed by atoms with van der Waals surface area (Å²) in [6.07, 6.45) is 6.71. The van der Waals surface area contributed by atoms with E-state index < -0.39 is 0 Å². The summed E-state index contributed by atoms with van der Waals surface area (Å²) in [6.45, 7) is 4.48. The Labute approximate surface area is 121 Å². The van der Waals surface area contributed by atoms with Crippen LogP contribution in [0.1, 0.15) is 37.7 Å². The van der Waals surface area contributed by atoms with Crippen molar-refractivity contribution in [3.05, 3.63) is 29.8 Å². The molecule has 0 N–H and O–H groups in total. The van der Waals surface area contributed by atoms with Gasteiger partial charge in [0.15, 0.2) is 0 Å². The number of rotatable bonds is 4. The maximum atomic E-state index is 12.2. The summed E-state index contributed by atoms with van der Waals surface area (Å²) in [6, 6.07) is 8.35. The summed E-state index contributed by atoms with van der Waals surface area (Å²) in [5.74, 6) is 0.294. The topological polar surface area (TPSA) is 23.6 Å². The van der Waals surface area contributed by atoms with Crippen LogP contribution in [0.5, 0.6) is 0 Å². The largest absolute Gasteiger partial charge is 0.312 e. The Morgan fingerprint density at radius 3 is 2.60 bits per heavy atom. The highest BCUT2D eigenvalue weighted by Crippen LogP contribution is 2.27. The first kappa shape index (κ1) is 13.6. The standard InChI is InChI=1S/C17H24N2O/c20-17-10-9-15-7-2-3-8-16(15)19(17)14-6-13-18-11-4-1-5-12-18/h2-3,7-8H,1,4-6,9-14H2. The highest BCUT2D eigenvalue weighted by atomic mass is 16.2. The van der Waals surface area contributed by atoms with E-state index in [4.69, 9.17) is 0 Å². The minimum atomic E-state index is 0.294. The van der Waals surface area contributed by atoms with E-state index in [9.17, 15) is 4.79 Å². The zero-order valence-corrected chi connectivity index (χ0v) is 12.2. The van der Waals surface area contributed by atoms with Crippen molar-refractivity contribution < 1.29 is 4.79 Å². The molecular weight excluding hydrogens is 248 g/mol. The van der Waals surface area contributed by atoms with Crippen molar-refractivity contribution in [1.82, 2.24) is 4.90 Å². The summed E-state index contributed by atoms with van der Waals surface area (Å²) < 4.78 is 0. The lowest BCUT2D eigenvalue weighted by Gasteiger charge is -2.31. The van der Waals surface area contributed by atoms with Crippen LogP contribution in [0.2, 0.25) is 0 Å². The molecule has 1 aromatic rings. The molecular formula is C17H24N2O. The Morgan fingerprint density at radius 1 is 0.950 bits per heavy atom. The maximum Gasteiger partial charge on any atom is 0.227 e. The Kier molecular flexibility index (Phi) is 4.36. The minimum absolute atomic E-state index is 0.294. The number of piperidine rings is 1. The van der Waals surface area contributed by atoms with E-state index in [0.29, 0.717) is 12.3 Å². The number of hydrogen-bond acceptors (Lipinski definition) is 2. The molecule has 0 aromatic heterocycles. The number of carbonyl (C=O) groups is 1. The third kappa shape index (κ3) is 3.04. The first-order chi connectivity index (χ1) is 9.84. The van der Waals surface area contributed by atoms with Crippen molar-refractivity contribution in [3.8, 4) is 0 Å². The molecule has 3 nitrogen and oxygen atoms in total. The van der Waals surface area contributed by atoms with E-state index in [0.717, 1.165) is 31.6 Å². The van der Waals surface area contributed by atoms with Crippen molar-refractivity contribution in [2.75, 3.05) is 31.1 Å². The lowest BCUT2D eigenvalue weighted by atomic mass is 10.0. The van der Waals surface area contributed by atoms with Crippen LogP contribution in [0.3, 0.4) is 0 Å². The smallest absolute Gasteiger partial charge is 0.227 e. The SMILES string of the molecule is O=C1CCc2ccccc2N1CCCN1CCCCC1. The summed E-state index contributed by atoms with van der Waals surface area (Å²) in [4.78, 5) is 16.7. The van der Waals surface area contributed by atoms with E-state index >= 15 is 0 Å². The predicted octanol–water partition coefficient (Wildman–Crippen LogP) is 2.84. The van der Waals surface area contributed by atoms with Crippen molar-refractivity contribution in [2.24, 2.45) is 0 Å². The first-order valence-corrected chi connectivity index (χ1v) is 7.95. The van der Waals surface area contributed by atoms with Gasteiger partial charge in [-0.25, -0.2) is 0 Å². The lowest BCUT2D eigenvalue weighted by Crippen LogP contribution is -2.38. The van der Waals surface area contributed by atoms with Crippen molar-refractivity contribution >= 4 is 11.6 Å². The molecule has 2 heterocycles. The zero-order chi connectivity index (χ0) is 13.8. The number of nitrogens with zero attached hydrogens (tertiary/aromatic N) is 2. The van der Waals surface area contributed by atoms with Crippen molar-refractivity contribution in [3.63, 3.8) is 0 Å². The third-order valence-electron chi connectivity index (χ3n) is 4.50. The quantitative estimate of drug-likeness (QED) is 0.841. The van der Waals surface area contributed by atoms with E-state index in [1.165, 1.54) is 37.9 Å². The van der Waals surface area contributed by atoms with Crippen molar-refractivity contribution in [1.29, 1.82) is 0 Å². The van der Waals surface area contributed by atoms with Crippen LogP contribution in [0, 0.1) is 0 Å². The summed E-state index contributed by atoms with van der Waals surface area (Å²) in [5, 5.41) is 0. The van der Waals surface area contributed by atoms with Gasteiger partial charge in [-0.3, -0.25) is 4.79 Å². The highest BCUT2D eigenvalue weighted by Gasteiger charge is 2.23.